The molecule has 1 fully saturated rings. The number of amides is 1. The quantitative estimate of drug-likeness (QED) is 0.766. The molecule has 1 aromatic carbocycles. The summed E-state index contributed by atoms with van der Waals surface area (Å²) in [6.07, 6.45) is 5.97. The van der Waals surface area contributed by atoms with Crippen LogP contribution >= 0.6 is 0 Å². The Morgan fingerprint density at radius 3 is 2.83 bits per heavy atom. The van der Waals surface area contributed by atoms with Crippen LogP contribution < -0.4 is 10.1 Å². The van der Waals surface area contributed by atoms with Crippen LogP contribution in [0.15, 0.2) is 24.3 Å². The van der Waals surface area contributed by atoms with Gasteiger partial charge in [-0.15, -0.1) is 0 Å². The van der Waals surface area contributed by atoms with Gasteiger partial charge < -0.3 is 20.1 Å². The number of likely N-dealkylation sites (N-methyl/N-ethyl adjacent to an activating group) is 1. The molecular formula is C19H30N2O3. The Labute approximate surface area is 145 Å². The molecule has 1 aliphatic rings. The number of carbonyl (C=O) groups excluding carboxylic acids is 1. The van der Waals surface area contributed by atoms with Crippen LogP contribution in [0.4, 0.5) is 0 Å². The molecule has 0 saturated heterocycles. The predicted octanol–water partition coefficient (Wildman–Crippen LogP) is 2.33. The minimum atomic E-state index is -0.557. The van der Waals surface area contributed by atoms with Crippen LogP contribution in [0, 0.1) is 0 Å². The average Bonchev–Trinajstić information content (AvgIpc) is 2.62. The number of rotatable bonds is 8. The molecule has 24 heavy (non-hydrogen) atoms. The fourth-order valence-corrected chi connectivity index (χ4v) is 3.18. The molecule has 5 heteroatoms. The number of hydrogen-bond acceptors (Lipinski definition) is 4. The molecule has 1 aromatic rings. The van der Waals surface area contributed by atoms with Crippen molar-refractivity contribution in [3.63, 3.8) is 0 Å². The van der Waals surface area contributed by atoms with Gasteiger partial charge in [0.1, 0.15) is 5.75 Å². The summed E-state index contributed by atoms with van der Waals surface area (Å²) in [7, 11) is 2.14. The predicted molar refractivity (Wildman–Crippen MR) is 95.0 cm³/mol. The third-order valence-electron chi connectivity index (χ3n) is 4.72. The molecule has 0 spiro atoms. The molecule has 1 atom stereocenters. The monoisotopic (exact) mass is 334 g/mol. The Balaban J connectivity index is 1.71. The second-order valence-corrected chi connectivity index (χ2v) is 6.63. The maximum Gasteiger partial charge on any atom is 0.260 e. The summed E-state index contributed by atoms with van der Waals surface area (Å²) in [6.45, 7) is 3.20. The molecule has 1 saturated carbocycles. The summed E-state index contributed by atoms with van der Waals surface area (Å²) in [5.41, 5.74) is 0.772. The first-order chi connectivity index (χ1) is 11.6. The first kappa shape index (κ1) is 18.7. The number of hydrogen-bond donors (Lipinski definition) is 2. The average molecular weight is 334 g/mol. The maximum absolute atomic E-state index is 12.2. The number of aliphatic hydroxyl groups is 1. The molecule has 5 nitrogen and oxygen atoms in total. The van der Waals surface area contributed by atoms with Gasteiger partial charge in [-0.2, -0.15) is 0 Å². The van der Waals surface area contributed by atoms with E-state index in [0.717, 1.165) is 12.1 Å². The normalized spacial score (nSPS) is 16.8. The van der Waals surface area contributed by atoms with Crippen LogP contribution in [0.1, 0.15) is 44.6 Å². The van der Waals surface area contributed by atoms with Crippen LogP contribution in [0.25, 0.3) is 0 Å². The smallest absolute Gasteiger partial charge is 0.260 e. The fourth-order valence-electron chi connectivity index (χ4n) is 3.18. The Hall–Kier alpha value is -1.59. The summed E-state index contributed by atoms with van der Waals surface area (Å²) >= 11 is 0. The molecule has 0 radical (unpaired) electrons. The molecular weight excluding hydrogens is 304 g/mol. The minimum Gasteiger partial charge on any atom is -0.481 e. The standard InChI is InChI=1S/C19H30N2O3/c1-15(24-18-10-6-7-16(13-18)14-22)19(23)20-11-12-21(2)17-8-4-3-5-9-17/h6-7,10,13,15,17,22H,3-5,8-9,11-12,14H2,1-2H3,(H,20,23). The van der Waals surface area contributed by atoms with E-state index in [-0.39, 0.29) is 12.5 Å². The van der Waals surface area contributed by atoms with Crippen molar-refractivity contribution in [3.8, 4) is 5.75 Å². The first-order valence-corrected chi connectivity index (χ1v) is 8.94. The van der Waals surface area contributed by atoms with Gasteiger partial charge in [-0.1, -0.05) is 31.4 Å². The molecule has 134 valence electrons. The lowest BCUT2D eigenvalue weighted by Gasteiger charge is -2.31. The Morgan fingerprint density at radius 1 is 1.38 bits per heavy atom. The van der Waals surface area contributed by atoms with Gasteiger partial charge in [0.2, 0.25) is 0 Å². The molecule has 0 heterocycles. The van der Waals surface area contributed by atoms with E-state index < -0.39 is 6.10 Å². The summed E-state index contributed by atoms with van der Waals surface area (Å²) in [5.74, 6) is 0.491. The van der Waals surface area contributed by atoms with Crippen molar-refractivity contribution in [1.82, 2.24) is 10.2 Å². The summed E-state index contributed by atoms with van der Waals surface area (Å²) < 4.78 is 5.66. The first-order valence-electron chi connectivity index (χ1n) is 8.94. The highest BCUT2D eigenvalue weighted by Crippen LogP contribution is 2.21. The van der Waals surface area contributed by atoms with Gasteiger partial charge in [-0.3, -0.25) is 4.79 Å². The van der Waals surface area contributed by atoms with E-state index in [1.54, 1.807) is 19.1 Å². The highest BCUT2D eigenvalue weighted by atomic mass is 16.5. The van der Waals surface area contributed by atoms with E-state index in [0.29, 0.717) is 18.3 Å². The van der Waals surface area contributed by atoms with E-state index in [1.807, 2.05) is 12.1 Å². The Kier molecular flexibility index (Phi) is 7.53. The lowest BCUT2D eigenvalue weighted by molar-refractivity contribution is -0.127. The Bertz CT molecular complexity index is 515. The topological polar surface area (TPSA) is 61.8 Å². The van der Waals surface area contributed by atoms with E-state index in [2.05, 4.69) is 17.3 Å². The third kappa shape index (κ3) is 5.80. The van der Waals surface area contributed by atoms with Crippen molar-refractivity contribution in [3.05, 3.63) is 29.8 Å². The number of ether oxygens (including phenoxy) is 1. The van der Waals surface area contributed by atoms with Gasteiger partial charge >= 0.3 is 0 Å². The van der Waals surface area contributed by atoms with E-state index in [1.165, 1.54) is 32.1 Å². The summed E-state index contributed by atoms with van der Waals surface area (Å²) in [6, 6.07) is 7.83. The van der Waals surface area contributed by atoms with Gasteiger partial charge in [0.15, 0.2) is 6.10 Å². The SMILES string of the molecule is CC(Oc1cccc(CO)c1)C(=O)NCCN(C)C1CCCCC1. The Morgan fingerprint density at radius 2 is 2.12 bits per heavy atom. The third-order valence-corrected chi connectivity index (χ3v) is 4.72. The molecule has 0 aliphatic heterocycles. The number of benzene rings is 1. The van der Waals surface area contributed by atoms with Gasteiger partial charge in [-0.25, -0.2) is 0 Å². The molecule has 1 amide bonds. The minimum absolute atomic E-state index is 0.0364. The summed E-state index contributed by atoms with van der Waals surface area (Å²) in [5, 5.41) is 12.1. The van der Waals surface area contributed by atoms with Crippen molar-refractivity contribution >= 4 is 5.91 Å². The fraction of sp³-hybridized carbons (Fsp3) is 0.632. The molecule has 0 bridgehead atoms. The molecule has 2 rings (SSSR count). The molecule has 1 unspecified atom stereocenters. The van der Waals surface area contributed by atoms with Crippen LogP contribution in [-0.2, 0) is 11.4 Å². The zero-order valence-corrected chi connectivity index (χ0v) is 14.8. The van der Waals surface area contributed by atoms with Gasteiger partial charge in [0.25, 0.3) is 5.91 Å². The lowest BCUT2D eigenvalue weighted by atomic mass is 9.94. The maximum atomic E-state index is 12.2. The molecule has 1 aliphatic carbocycles. The van der Waals surface area contributed by atoms with Crippen LogP contribution in [0.3, 0.4) is 0 Å². The van der Waals surface area contributed by atoms with Crippen molar-refractivity contribution in [1.29, 1.82) is 0 Å². The zero-order valence-electron chi connectivity index (χ0n) is 14.8. The number of nitrogens with zero attached hydrogens (tertiary/aromatic N) is 1. The molecule has 0 aromatic heterocycles. The van der Waals surface area contributed by atoms with Crippen molar-refractivity contribution < 1.29 is 14.6 Å². The van der Waals surface area contributed by atoms with Crippen molar-refractivity contribution in [2.24, 2.45) is 0 Å². The van der Waals surface area contributed by atoms with Crippen molar-refractivity contribution in [2.75, 3.05) is 20.1 Å². The lowest BCUT2D eigenvalue weighted by Crippen LogP contribution is -2.42. The zero-order chi connectivity index (χ0) is 17.4. The highest BCUT2D eigenvalue weighted by molar-refractivity contribution is 5.80. The number of carbonyl (C=O) groups is 1. The van der Waals surface area contributed by atoms with Crippen LogP contribution in [0.2, 0.25) is 0 Å². The largest absolute Gasteiger partial charge is 0.481 e. The molecule has 2 N–H and O–H groups in total. The number of aliphatic hydroxyl groups excluding tert-OH is 1. The van der Waals surface area contributed by atoms with Crippen molar-refractivity contribution in [2.45, 2.75) is 57.8 Å². The second-order valence-electron chi connectivity index (χ2n) is 6.63. The summed E-state index contributed by atoms with van der Waals surface area (Å²) in [4.78, 5) is 14.5. The second kappa shape index (κ2) is 9.64. The van der Waals surface area contributed by atoms with Gasteiger partial charge in [-0.05, 0) is 44.5 Å². The highest BCUT2D eigenvalue weighted by Gasteiger charge is 2.18. The van der Waals surface area contributed by atoms with E-state index in [4.69, 9.17) is 9.84 Å². The van der Waals surface area contributed by atoms with E-state index in [9.17, 15) is 4.79 Å². The van der Waals surface area contributed by atoms with Gasteiger partial charge in [0.05, 0.1) is 6.61 Å². The van der Waals surface area contributed by atoms with Gasteiger partial charge in [0, 0.05) is 19.1 Å². The van der Waals surface area contributed by atoms with Crippen LogP contribution in [0.5, 0.6) is 5.75 Å². The number of nitrogens with one attached hydrogen (secondary N) is 1. The van der Waals surface area contributed by atoms with E-state index >= 15 is 0 Å². The van der Waals surface area contributed by atoms with Crippen LogP contribution in [-0.4, -0.2) is 48.2 Å².